The Balaban J connectivity index is 1.01. The smallest absolute Gasteiger partial charge is 0.407 e. The summed E-state index contributed by atoms with van der Waals surface area (Å²) in [6.45, 7) is 15.7. The van der Waals surface area contributed by atoms with Crippen LogP contribution in [0.3, 0.4) is 0 Å². The van der Waals surface area contributed by atoms with Crippen LogP contribution in [-0.2, 0) is 24.5 Å². The summed E-state index contributed by atoms with van der Waals surface area (Å²) < 4.78 is 9.65. The topological polar surface area (TPSA) is 162 Å². The van der Waals surface area contributed by atoms with E-state index in [-0.39, 0.29) is 53.2 Å². The number of benzene rings is 3. The maximum Gasteiger partial charge on any atom is 0.407 e. The van der Waals surface area contributed by atoms with Crippen LogP contribution in [0.5, 0.6) is 0 Å². The summed E-state index contributed by atoms with van der Waals surface area (Å²) in [7, 11) is 2.61. The SMILES string of the molecule is COC(=O)N[C@H](C(=O)N1CCC[C@H]1C1=NC(c2ccc([C@@H]3CSC[C@H](c4ccc(-c5cnc([C@@H]6CCCN6C(=O)[C@@H](NC(=O)OC)C(C)C)[nH]5)cc4)N3c3ccc(C(C)(C)C)cc3)cc2)=CC1)C(C)C. The van der Waals surface area contributed by atoms with Crippen molar-refractivity contribution in [1.29, 1.82) is 0 Å². The summed E-state index contributed by atoms with van der Waals surface area (Å²) in [6.07, 6.45) is 6.83. The second kappa shape index (κ2) is 21.5. The molecule has 4 aromatic rings. The Labute approximate surface area is 417 Å². The number of ether oxygens (including phenoxy) is 2. The van der Waals surface area contributed by atoms with Gasteiger partial charge in [-0.1, -0.05) is 115 Å². The zero-order chi connectivity index (χ0) is 49.9. The minimum atomic E-state index is -0.695. The van der Waals surface area contributed by atoms with Gasteiger partial charge in [-0.05, 0) is 82.9 Å². The van der Waals surface area contributed by atoms with E-state index in [0.717, 1.165) is 71.2 Å². The van der Waals surface area contributed by atoms with E-state index in [1.54, 1.807) is 0 Å². The molecule has 0 radical (unpaired) electrons. The first-order valence-electron chi connectivity index (χ1n) is 24.9. The number of hydrogen-bond acceptors (Lipinski definition) is 10. The van der Waals surface area contributed by atoms with Gasteiger partial charge in [-0.25, -0.2) is 14.6 Å². The Bertz CT molecular complexity index is 2570. The summed E-state index contributed by atoms with van der Waals surface area (Å²) in [5.41, 5.74) is 9.80. The van der Waals surface area contributed by atoms with Crippen molar-refractivity contribution in [2.75, 3.05) is 43.7 Å². The number of anilines is 1. The molecule has 4 amide bonds. The molecule has 0 spiro atoms. The lowest BCUT2D eigenvalue weighted by atomic mass is 9.87. The van der Waals surface area contributed by atoms with Crippen molar-refractivity contribution in [3.63, 3.8) is 0 Å². The van der Waals surface area contributed by atoms with Crippen LogP contribution in [0.2, 0.25) is 0 Å². The molecule has 8 rings (SSSR count). The molecule has 0 saturated carbocycles. The zero-order valence-electron chi connectivity index (χ0n) is 42.2. The number of carbonyl (C=O) groups excluding carboxylic acids is 4. The first kappa shape index (κ1) is 50.3. The number of nitrogens with zero attached hydrogens (tertiary/aromatic N) is 5. The summed E-state index contributed by atoms with van der Waals surface area (Å²) >= 11 is 1.97. The number of allylic oxidation sites excluding steroid dienone is 1. The number of nitrogens with one attached hydrogen (secondary N) is 3. The summed E-state index contributed by atoms with van der Waals surface area (Å²) in [6, 6.07) is 25.3. The highest BCUT2D eigenvalue weighted by Gasteiger charge is 2.40. The highest BCUT2D eigenvalue weighted by molar-refractivity contribution is 7.99. The van der Waals surface area contributed by atoms with Crippen LogP contribution < -0.4 is 15.5 Å². The Kier molecular flexibility index (Phi) is 15.4. The molecule has 1 aromatic heterocycles. The normalized spacial score (nSPS) is 21.4. The number of likely N-dealkylation sites (tertiary alicyclic amines) is 2. The summed E-state index contributed by atoms with van der Waals surface area (Å²) in [5.74, 6) is 2.17. The number of H-pyrrole nitrogens is 1. The molecule has 14 nitrogen and oxygen atoms in total. The number of carbonyl (C=O) groups is 4. The third-order valence-electron chi connectivity index (χ3n) is 14.4. The van der Waals surface area contributed by atoms with Crippen LogP contribution in [0.1, 0.15) is 127 Å². The lowest BCUT2D eigenvalue weighted by molar-refractivity contribution is -0.135. The number of aliphatic imine (C=N–C) groups is 1. The molecule has 5 heterocycles. The number of rotatable bonds is 13. The van der Waals surface area contributed by atoms with Gasteiger partial charge in [-0.3, -0.25) is 14.6 Å². The highest BCUT2D eigenvalue weighted by Crippen LogP contribution is 2.45. The van der Waals surface area contributed by atoms with Gasteiger partial charge >= 0.3 is 12.2 Å². The predicted octanol–water partition coefficient (Wildman–Crippen LogP) is 10.0. The van der Waals surface area contributed by atoms with Gasteiger partial charge < -0.3 is 39.8 Å². The van der Waals surface area contributed by atoms with Crippen LogP contribution in [0.25, 0.3) is 17.0 Å². The van der Waals surface area contributed by atoms with Crippen molar-refractivity contribution in [3.05, 3.63) is 113 Å². The Morgan fingerprint density at radius 1 is 0.700 bits per heavy atom. The lowest BCUT2D eigenvalue weighted by Crippen LogP contribution is -2.53. The van der Waals surface area contributed by atoms with E-state index < -0.39 is 24.3 Å². The lowest BCUT2D eigenvalue weighted by Gasteiger charge is -2.44. The number of methoxy groups -OCH3 is 2. The fourth-order valence-corrected chi connectivity index (χ4v) is 11.7. The second-order valence-corrected chi connectivity index (χ2v) is 21.8. The maximum atomic E-state index is 13.8. The monoisotopic (exact) mass is 971 g/mol. The number of aromatic amines is 1. The van der Waals surface area contributed by atoms with E-state index in [1.807, 2.05) is 55.5 Å². The average molecular weight is 971 g/mol. The van der Waals surface area contributed by atoms with Gasteiger partial charge in [0.15, 0.2) is 0 Å². The van der Waals surface area contributed by atoms with E-state index in [1.165, 1.54) is 36.6 Å². The van der Waals surface area contributed by atoms with Crippen LogP contribution in [0.15, 0.2) is 90.1 Å². The molecule has 3 N–H and O–H groups in total. The minimum Gasteiger partial charge on any atom is -0.453 e. The second-order valence-electron chi connectivity index (χ2n) is 20.7. The summed E-state index contributed by atoms with van der Waals surface area (Å²) in [4.78, 5) is 71.6. The molecular weight excluding hydrogens is 901 g/mol. The van der Waals surface area contributed by atoms with Gasteiger partial charge in [0.1, 0.15) is 17.9 Å². The third kappa shape index (κ3) is 10.8. The number of imidazole rings is 1. The molecule has 15 heteroatoms. The third-order valence-corrected chi connectivity index (χ3v) is 15.5. The fourth-order valence-electron chi connectivity index (χ4n) is 10.4. The molecule has 70 heavy (non-hydrogen) atoms. The van der Waals surface area contributed by atoms with Gasteiger partial charge in [0.05, 0.1) is 56.0 Å². The quantitative estimate of drug-likeness (QED) is 0.118. The first-order valence-corrected chi connectivity index (χ1v) is 26.0. The van der Waals surface area contributed by atoms with E-state index in [9.17, 15) is 19.2 Å². The van der Waals surface area contributed by atoms with Crippen molar-refractivity contribution in [2.45, 2.75) is 122 Å². The molecule has 372 valence electrons. The highest BCUT2D eigenvalue weighted by atomic mass is 32.2. The fraction of sp³-hybridized carbons (Fsp3) is 0.491. The molecule has 4 aliphatic heterocycles. The zero-order valence-corrected chi connectivity index (χ0v) is 43.0. The van der Waals surface area contributed by atoms with Crippen molar-refractivity contribution < 1.29 is 28.7 Å². The number of amides is 4. The van der Waals surface area contributed by atoms with Crippen molar-refractivity contribution in [1.82, 2.24) is 30.4 Å². The minimum absolute atomic E-state index is 0.0259. The number of alkyl carbamates (subject to hydrolysis) is 2. The molecule has 0 bridgehead atoms. The van der Waals surface area contributed by atoms with E-state index in [2.05, 4.69) is 120 Å². The maximum absolute atomic E-state index is 13.8. The molecule has 6 atom stereocenters. The van der Waals surface area contributed by atoms with Gasteiger partial charge in [0.25, 0.3) is 0 Å². The number of aromatic nitrogens is 2. The predicted molar refractivity (Wildman–Crippen MR) is 278 cm³/mol. The molecule has 3 aromatic carbocycles. The van der Waals surface area contributed by atoms with Crippen molar-refractivity contribution in [3.8, 4) is 11.3 Å². The first-order chi connectivity index (χ1) is 33.6. The van der Waals surface area contributed by atoms with E-state index in [0.29, 0.717) is 19.5 Å². The van der Waals surface area contributed by atoms with Crippen LogP contribution in [-0.4, -0.2) is 106 Å². The number of thioether (sulfide) groups is 1. The van der Waals surface area contributed by atoms with Crippen LogP contribution >= 0.6 is 11.8 Å². The van der Waals surface area contributed by atoms with E-state index >= 15 is 0 Å². The molecule has 0 aliphatic carbocycles. The Morgan fingerprint density at radius 3 is 1.73 bits per heavy atom. The standard InChI is InChI=1S/C55H70N8O6S/c1-33(2)48(59-53(66)68-8)51(64)61-28-10-12-44(61)42-27-26-41(57-42)35-14-18-37(19-15-35)46-31-70-32-47(63(46)40-24-22-39(23-25-40)55(5,6)7)38-20-16-36(17-21-38)43-30-56-50(58-43)45-13-11-29-62(45)52(65)49(34(3)4)60-54(67)69-9/h14-26,30,33-34,44-49H,10-13,27-29,31-32H2,1-9H3,(H,56,58)(H,59,66)(H,60,67)/t44-,45-,46-,47+,48-,49-/m0/s1. The average Bonchev–Trinajstić information content (AvgIpc) is 4.22. The van der Waals surface area contributed by atoms with Gasteiger partial charge in [-0.2, -0.15) is 11.8 Å². The molecule has 3 fully saturated rings. The van der Waals surface area contributed by atoms with Gasteiger partial charge in [0.2, 0.25) is 11.8 Å². The van der Waals surface area contributed by atoms with Crippen molar-refractivity contribution >= 4 is 52.9 Å². The largest absolute Gasteiger partial charge is 0.453 e. The van der Waals surface area contributed by atoms with Gasteiger partial charge in [-0.15, -0.1) is 0 Å². The number of hydrogen-bond donors (Lipinski definition) is 3. The Hall–Kier alpha value is -6.09. The van der Waals surface area contributed by atoms with Crippen LogP contribution in [0.4, 0.5) is 15.3 Å². The molecule has 4 aliphatic rings. The molecule has 0 unspecified atom stereocenters. The molecule has 3 saturated heterocycles. The van der Waals surface area contributed by atoms with E-state index in [4.69, 9.17) is 19.5 Å². The van der Waals surface area contributed by atoms with Crippen molar-refractivity contribution in [2.24, 2.45) is 16.8 Å². The summed E-state index contributed by atoms with van der Waals surface area (Å²) in [5, 5.41) is 5.48. The van der Waals surface area contributed by atoms with Crippen LogP contribution in [0, 0.1) is 11.8 Å². The van der Waals surface area contributed by atoms with Gasteiger partial charge in [0, 0.05) is 42.4 Å². The Morgan fingerprint density at radius 2 is 1.21 bits per heavy atom. The molecular formula is C55H70N8O6S.